The van der Waals surface area contributed by atoms with E-state index < -0.39 is 0 Å². The Morgan fingerprint density at radius 3 is 2.62 bits per heavy atom. The smallest absolute Gasteiger partial charge is 0.231 e. The summed E-state index contributed by atoms with van der Waals surface area (Å²) in [6.07, 6.45) is 6.26. The first-order valence-corrected chi connectivity index (χ1v) is 9.89. The highest BCUT2D eigenvalue weighted by atomic mass is 35.5. The lowest BCUT2D eigenvalue weighted by molar-refractivity contribution is -0.123. The van der Waals surface area contributed by atoms with Crippen LogP contribution in [0.25, 0.3) is 10.2 Å². The summed E-state index contributed by atoms with van der Waals surface area (Å²) < 4.78 is 14.8. The molecular weight excluding hydrogens is 373 g/mol. The molecule has 1 saturated carbocycles. The van der Waals surface area contributed by atoms with Crippen LogP contribution in [0.15, 0.2) is 18.2 Å². The molecule has 0 spiro atoms. The minimum absolute atomic E-state index is 0. The summed E-state index contributed by atoms with van der Waals surface area (Å²) in [5.74, 6) is -0.0683. The zero-order valence-electron chi connectivity index (χ0n) is 15.4. The normalized spacial score (nSPS) is 15.2. The molecular formula is C19H27ClFN3OS. The van der Waals surface area contributed by atoms with Crippen molar-refractivity contribution in [1.29, 1.82) is 0 Å². The van der Waals surface area contributed by atoms with Gasteiger partial charge in [0.15, 0.2) is 5.13 Å². The number of hydrogen-bond donors (Lipinski definition) is 0. The number of para-hydroxylation sites is 1. The number of hydrogen-bond acceptors (Lipinski definition) is 4. The van der Waals surface area contributed by atoms with Gasteiger partial charge in [-0.15, -0.1) is 12.4 Å². The van der Waals surface area contributed by atoms with Crippen LogP contribution in [0.2, 0.25) is 0 Å². The third-order valence-electron chi connectivity index (χ3n) is 4.80. The van der Waals surface area contributed by atoms with Crippen molar-refractivity contribution in [3.8, 4) is 0 Å². The molecule has 0 radical (unpaired) electrons. The van der Waals surface area contributed by atoms with Gasteiger partial charge in [-0.3, -0.25) is 9.69 Å². The lowest BCUT2D eigenvalue weighted by Gasteiger charge is -2.28. The second-order valence-electron chi connectivity index (χ2n) is 7.06. The zero-order valence-corrected chi connectivity index (χ0v) is 17.0. The third-order valence-corrected chi connectivity index (χ3v) is 5.84. The number of fused-ring (bicyclic) bond motifs is 1. The van der Waals surface area contributed by atoms with Crippen molar-refractivity contribution in [1.82, 2.24) is 9.88 Å². The maximum Gasteiger partial charge on any atom is 0.231 e. The van der Waals surface area contributed by atoms with E-state index in [9.17, 15) is 9.18 Å². The monoisotopic (exact) mass is 399 g/mol. The molecule has 0 saturated heterocycles. The Balaban J connectivity index is 0.00000243. The van der Waals surface area contributed by atoms with Gasteiger partial charge in [0.25, 0.3) is 0 Å². The molecule has 0 aliphatic heterocycles. The van der Waals surface area contributed by atoms with Crippen molar-refractivity contribution in [3.63, 3.8) is 0 Å². The number of halogens is 2. The first-order chi connectivity index (χ1) is 12.1. The Hall–Kier alpha value is -1.24. The summed E-state index contributed by atoms with van der Waals surface area (Å²) in [6.45, 7) is 1.54. The summed E-state index contributed by atoms with van der Waals surface area (Å²) >= 11 is 1.41. The van der Waals surface area contributed by atoms with E-state index in [0.717, 1.165) is 43.3 Å². The van der Waals surface area contributed by atoms with Gasteiger partial charge in [0.1, 0.15) is 11.3 Å². The van der Waals surface area contributed by atoms with Crippen LogP contribution >= 0.6 is 23.7 Å². The van der Waals surface area contributed by atoms with E-state index in [4.69, 9.17) is 0 Å². The fourth-order valence-corrected chi connectivity index (χ4v) is 4.45. The van der Waals surface area contributed by atoms with Crippen molar-refractivity contribution >= 4 is 45.0 Å². The molecule has 1 aliphatic carbocycles. The summed E-state index contributed by atoms with van der Waals surface area (Å²) in [7, 11) is 4.06. The molecule has 0 atom stereocenters. The lowest BCUT2D eigenvalue weighted by atomic mass is 9.88. The van der Waals surface area contributed by atoms with Crippen molar-refractivity contribution in [3.05, 3.63) is 24.0 Å². The number of thiazole rings is 1. The summed E-state index contributed by atoms with van der Waals surface area (Å²) in [6, 6.07) is 4.98. The van der Waals surface area contributed by atoms with Crippen molar-refractivity contribution in [2.45, 2.75) is 38.5 Å². The SMILES string of the molecule is CN(C)CCCN(C(=O)C1CCCCC1)c1nc2c(F)cccc2s1.Cl. The molecule has 7 heteroatoms. The second-order valence-corrected chi connectivity index (χ2v) is 8.07. The van der Waals surface area contributed by atoms with Crippen LogP contribution in [0.1, 0.15) is 38.5 Å². The number of amides is 1. The molecule has 144 valence electrons. The minimum Gasteiger partial charge on any atom is -0.309 e. The standard InChI is InChI=1S/C19H26FN3OS.ClH/c1-22(2)12-7-13-23(18(24)14-8-4-3-5-9-14)19-21-17-15(20)10-6-11-16(17)25-19;/h6,10-11,14H,3-5,7-9,12-13H2,1-2H3;1H. The first kappa shape index (κ1) is 21.1. The van der Waals surface area contributed by atoms with Gasteiger partial charge >= 0.3 is 0 Å². The number of aromatic nitrogens is 1. The number of rotatable bonds is 6. The van der Waals surface area contributed by atoms with E-state index >= 15 is 0 Å². The summed E-state index contributed by atoms with van der Waals surface area (Å²) in [5.41, 5.74) is 0.372. The Morgan fingerprint density at radius 1 is 1.23 bits per heavy atom. The number of carbonyl (C=O) groups excluding carboxylic acids is 1. The zero-order chi connectivity index (χ0) is 17.8. The highest BCUT2D eigenvalue weighted by Gasteiger charge is 2.28. The second kappa shape index (κ2) is 9.62. The molecule has 26 heavy (non-hydrogen) atoms. The number of benzene rings is 1. The molecule has 4 nitrogen and oxygen atoms in total. The average Bonchev–Trinajstić information content (AvgIpc) is 3.04. The van der Waals surface area contributed by atoms with Gasteiger partial charge in [-0.25, -0.2) is 9.37 Å². The highest BCUT2D eigenvalue weighted by molar-refractivity contribution is 7.22. The average molecular weight is 400 g/mol. The van der Waals surface area contributed by atoms with Crippen molar-refractivity contribution < 1.29 is 9.18 Å². The topological polar surface area (TPSA) is 36.4 Å². The van der Waals surface area contributed by atoms with Crippen molar-refractivity contribution in [2.75, 3.05) is 32.1 Å². The van der Waals surface area contributed by atoms with E-state index in [0.29, 0.717) is 17.2 Å². The molecule has 1 heterocycles. The van der Waals surface area contributed by atoms with E-state index in [1.165, 1.54) is 23.8 Å². The van der Waals surface area contributed by atoms with Gasteiger partial charge in [0.05, 0.1) is 4.70 Å². The number of anilines is 1. The summed E-state index contributed by atoms with van der Waals surface area (Å²) in [4.78, 5) is 21.5. The molecule has 1 aliphatic rings. The molecule has 3 rings (SSSR count). The van der Waals surface area contributed by atoms with Gasteiger partial charge in [-0.1, -0.05) is 36.7 Å². The van der Waals surface area contributed by atoms with Crippen LogP contribution in [0.4, 0.5) is 9.52 Å². The lowest BCUT2D eigenvalue weighted by Crippen LogP contribution is -2.38. The third kappa shape index (κ3) is 4.93. The van der Waals surface area contributed by atoms with Gasteiger partial charge < -0.3 is 4.90 Å². The summed E-state index contributed by atoms with van der Waals surface area (Å²) in [5, 5.41) is 0.634. The molecule has 1 amide bonds. The van der Waals surface area contributed by atoms with Crippen LogP contribution in [-0.4, -0.2) is 43.0 Å². The molecule has 0 N–H and O–H groups in total. The molecule has 2 aromatic rings. The van der Waals surface area contributed by atoms with Gasteiger partial charge in [-0.05, 0) is 52.0 Å². The Kier molecular flexibility index (Phi) is 7.80. The van der Waals surface area contributed by atoms with Gasteiger partial charge in [0, 0.05) is 12.5 Å². The highest BCUT2D eigenvalue weighted by Crippen LogP contribution is 2.33. The number of carbonyl (C=O) groups is 1. The van der Waals surface area contributed by atoms with Crippen LogP contribution < -0.4 is 4.90 Å². The predicted molar refractivity (Wildman–Crippen MR) is 109 cm³/mol. The van der Waals surface area contributed by atoms with Gasteiger partial charge in [0.2, 0.25) is 5.91 Å². The van der Waals surface area contributed by atoms with Gasteiger partial charge in [-0.2, -0.15) is 0 Å². The fraction of sp³-hybridized carbons (Fsp3) is 0.579. The van der Waals surface area contributed by atoms with E-state index in [1.807, 2.05) is 25.1 Å². The molecule has 0 unspecified atom stereocenters. The molecule has 1 aromatic carbocycles. The number of nitrogens with zero attached hydrogens (tertiary/aromatic N) is 3. The fourth-order valence-electron chi connectivity index (χ4n) is 3.43. The maximum atomic E-state index is 14.0. The van der Waals surface area contributed by atoms with Crippen molar-refractivity contribution in [2.24, 2.45) is 5.92 Å². The predicted octanol–water partition coefficient (Wildman–Crippen LogP) is 4.72. The maximum absolute atomic E-state index is 14.0. The molecule has 0 bridgehead atoms. The Bertz CT molecular complexity index is 731. The first-order valence-electron chi connectivity index (χ1n) is 9.07. The van der Waals surface area contributed by atoms with Crippen LogP contribution in [0.5, 0.6) is 0 Å². The Morgan fingerprint density at radius 2 is 1.96 bits per heavy atom. The van der Waals surface area contributed by atoms with E-state index in [1.54, 1.807) is 6.07 Å². The largest absolute Gasteiger partial charge is 0.309 e. The van der Waals surface area contributed by atoms with Crippen LogP contribution in [0.3, 0.4) is 0 Å². The minimum atomic E-state index is -0.321. The Labute approximate surface area is 164 Å². The quantitative estimate of drug-likeness (QED) is 0.705. The molecule has 1 aromatic heterocycles. The van der Waals surface area contributed by atoms with Crippen LogP contribution in [0, 0.1) is 11.7 Å². The van der Waals surface area contributed by atoms with E-state index in [-0.39, 0.29) is 30.0 Å². The molecule has 1 fully saturated rings. The van der Waals surface area contributed by atoms with Crippen LogP contribution in [-0.2, 0) is 4.79 Å². The van der Waals surface area contributed by atoms with E-state index in [2.05, 4.69) is 9.88 Å².